The van der Waals surface area contributed by atoms with Crippen LogP contribution in [0.15, 0.2) is 18.2 Å². The van der Waals surface area contributed by atoms with Gasteiger partial charge < -0.3 is 5.32 Å². The maximum absolute atomic E-state index is 12.2. The number of hydrogen-bond donors (Lipinski definition) is 1. The minimum Gasteiger partial charge on any atom is -0.352 e. The predicted octanol–water partition coefficient (Wildman–Crippen LogP) is 3.72. The monoisotopic (exact) mass is 323 g/mol. The quantitative estimate of drug-likeness (QED) is 0.822. The van der Waals surface area contributed by atoms with Crippen LogP contribution < -0.4 is 5.32 Å². The molecule has 19 heavy (non-hydrogen) atoms. The van der Waals surface area contributed by atoms with E-state index in [0.29, 0.717) is 6.54 Å². The molecule has 1 amide bonds. The molecule has 1 aromatic rings. The minimum absolute atomic E-state index is 0.0531. The SMILES string of the molecule is CC(C)(CCBr)CNC(=O)c1ccc2c(c1)CCC2. The normalized spacial score (nSPS) is 14.3. The summed E-state index contributed by atoms with van der Waals surface area (Å²) in [5.74, 6) is 0.0531. The van der Waals surface area contributed by atoms with E-state index in [9.17, 15) is 4.79 Å². The average molecular weight is 324 g/mol. The molecule has 0 saturated carbocycles. The van der Waals surface area contributed by atoms with E-state index in [1.165, 1.54) is 17.5 Å². The number of hydrogen-bond acceptors (Lipinski definition) is 1. The highest BCUT2D eigenvalue weighted by atomic mass is 79.9. The van der Waals surface area contributed by atoms with Gasteiger partial charge in [-0.1, -0.05) is 35.8 Å². The summed E-state index contributed by atoms with van der Waals surface area (Å²) in [6, 6.07) is 6.13. The van der Waals surface area contributed by atoms with Crippen LogP contribution in [0.3, 0.4) is 0 Å². The van der Waals surface area contributed by atoms with Gasteiger partial charge in [-0.25, -0.2) is 0 Å². The van der Waals surface area contributed by atoms with Crippen LogP contribution in [0.1, 0.15) is 48.2 Å². The molecule has 3 heteroatoms. The Balaban J connectivity index is 1.97. The Morgan fingerprint density at radius 3 is 2.79 bits per heavy atom. The molecule has 0 aromatic heterocycles. The van der Waals surface area contributed by atoms with Crippen LogP contribution in [-0.2, 0) is 12.8 Å². The van der Waals surface area contributed by atoms with Crippen LogP contribution in [0.4, 0.5) is 0 Å². The highest BCUT2D eigenvalue weighted by molar-refractivity contribution is 9.09. The van der Waals surface area contributed by atoms with E-state index in [-0.39, 0.29) is 11.3 Å². The standard InChI is InChI=1S/C16H22BrNO/c1-16(2,8-9-17)11-18-15(19)14-7-6-12-4-3-5-13(12)10-14/h6-7,10H,3-5,8-9,11H2,1-2H3,(H,18,19). The maximum Gasteiger partial charge on any atom is 0.251 e. The molecular weight excluding hydrogens is 302 g/mol. The van der Waals surface area contributed by atoms with Gasteiger partial charge in [0, 0.05) is 17.4 Å². The van der Waals surface area contributed by atoms with E-state index < -0.39 is 0 Å². The number of alkyl halides is 1. The number of carbonyl (C=O) groups is 1. The van der Waals surface area contributed by atoms with E-state index >= 15 is 0 Å². The van der Waals surface area contributed by atoms with Gasteiger partial charge in [-0.05, 0) is 54.4 Å². The summed E-state index contributed by atoms with van der Waals surface area (Å²) in [4.78, 5) is 12.2. The number of amides is 1. The Morgan fingerprint density at radius 1 is 1.32 bits per heavy atom. The lowest BCUT2D eigenvalue weighted by Crippen LogP contribution is -2.34. The molecule has 0 bridgehead atoms. The Labute approximate surface area is 124 Å². The Hall–Kier alpha value is -0.830. The third kappa shape index (κ3) is 3.82. The molecule has 1 N–H and O–H groups in total. The highest BCUT2D eigenvalue weighted by Gasteiger charge is 2.19. The third-order valence-corrected chi connectivity index (χ3v) is 4.26. The van der Waals surface area contributed by atoms with Gasteiger partial charge in [0.1, 0.15) is 0 Å². The molecule has 2 rings (SSSR count). The van der Waals surface area contributed by atoms with Crippen molar-refractivity contribution in [2.45, 2.75) is 39.5 Å². The second-order valence-corrected chi connectivity index (χ2v) is 6.92. The van der Waals surface area contributed by atoms with E-state index in [2.05, 4.69) is 47.2 Å². The molecule has 0 heterocycles. The lowest BCUT2D eigenvalue weighted by atomic mass is 9.90. The number of aryl methyl sites for hydroxylation is 2. The molecule has 0 fully saturated rings. The lowest BCUT2D eigenvalue weighted by molar-refractivity contribution is 0.0936. The van der Waals surface area contributed by atoms with Gasteiger partial charge in [-0.2, -0.15) is 0 Å². The zero-order chi connectivity index (χ0) is 13.9. The molecule has 1 aliphatic carbocycles. The first-order valence-corrected chi connectivity index (χ1v) is 8.10. The topological polar surface area (TPSA) is 29.1 Å². The van der Waals surface area contributed by atoms with E-state index in [4.69, 9.17) is 0 Å². The van der Waals surface area contributed by atoms with Gasteiger partial charge in [0.2, 0.25) is 0 Å². The first-order valence-electron chi connectivity index (χ1n) is 6.98. The van der Waals surface area contributed by atoms with Crippen molar-refractivity contribution >= 4 is 21.8 Å². The van der Waals surface area contributed by atoms with Crippen molar-refractivity contribution in [3.8, 4) is 0 Å². The molecular formula is C16H22BrNO. The summed E-state index contributed by atoms with van der Waals surface area (Å²) in [5, 5.41) is 4.02. The van der Waals surface area contributed by atoms with Crippen molar-refractivity contribution in [3.05, 3.63) is 34.9 Å². The summed E-state index contributed by atoms with van der Waals surface area (Å²) in [5.41, 5.74) is 3.70. The lowest BCUT2D eigenvalue weighted by Gasteiger charge is -2.23. The minimum atomic E-state index is 0.0531. The van der Waals surface area contributed by atoms with Crippen molar-refractivity contribution in [3.63, 3.8) is 0 Å². The largest absolute Gasteiger partial charge is 0.352 e. The van der Waals surface area contributed by atoms with Gasteiger partial charge in [0.15, 0.2) is 0 Å². The zero-order valence-corrected chi connectivity index (χ0v) is 13.3. The number of halogens is 1. The van der Waals surface area contributed by atoms with Gasteiger partial charge in [0.05, 0.1) is 0 Å². The summed E-state index contributed by atoms with van der Waals surface area (Å²) in [7, 11) is 0. The fourth-order valence-corrected chi connectivity index (χ4v) is 3.55. The van der Waals surface area contributed by atoms with E-state index in [1.807, 2.05) is 6.07 Å². The highest BCUT2D eigenvalue weighted by Crippen LogP contribution is 2.23. The number of rotatable bonds is 5. The number of nitrogens with one attached hydrogen (secondary N) is 1. The van der Waals surface area contributed by atoms with Crippen molar-refractivity contribution in [1.29, 1.82) is 0 Å². The van der Waals surface area contributed by atoms with Crippen LogP contribution in [0.25, 0.3) is 0 Å². The Morgan fingerprint density at radius 2 is 2.05 bits per heavy atom. The summed E-state index contributed by atoms with van der Waals surface area (Å²) < 4.78 is 0. The second kappa shape index (κ2) is 6.08. The molecule has 0 unspecified atom stereocenters. The molecule has 0 radical (unpaired) electrons. The first-order chi connectivity index (χ1) is 9.02. The van der Waals surface area contributed by atoms with E-state index in [0.717, 1.165) is 30.2 Å². The number of carbonyl (C=O) groups excluding carboxylic acids is 1. The molecule has 0 saturated heterocycles. The maximum atomic E-state index is 12.2. The van der Waals surface area contributed by atoms with Crippen LogP contribution in [-0.4, -0.2) is 17.8 Å². The number of fused-ring (bicyclic) bond motifs is 1. The molecule has 104 valence electrons. The molecule has 1 aliphatic rings. The van der Waals surface area contributed by atoms with Gasteiger partial charge in [0.25, 0.3) is 5.91 Å². The van der Waals surface area contributed by atoms with Crippen molar-refractivity contribution in [2.75, 3.05) is 11.9 Å². The fraction of sp³-hybridized carbons (Fsp3) is 0.562. The van der Waals surface area contributed by atoms with E-state index in [1.54, 1.807) is 0 Å². The predicted molar refractivity (Wildman–Crippen MR) is 83.0 cm³/mol. The first kappa shape index (κ1) is 14.6. The fourth-order valence-electron chi connectivity index (χ4n) is 2.48. The van der Waals surface area contributed by atoms with Gasteiger partial charge in [-0.15, -0.1) is 0 Å². The Bertz CT molecular complexity index is 468. The van der Waals surface area contributed by atoms with Crippen LogP contribution in [0, 0.1) is 5.41 Å². The van der Waals surface area contributed by atoms with Crippen LogP contribution >= 0.6 is 15.9 Å². The average Bonchev–Trinajstić information content (AvgIpc) is 2.83. The molecule has 1 aromatic carbocycles. The molecule has 2 nitrogen and oxygen atoms in total. The summed E-state index contributed by atoms with van der Waals surface area (Å²) in [6.45, 7) is 5.07. The Kier molecular flexibility index (Phi) is 4.67. The van der Waals surface area contributed by atoms with Gasteiger partial charge >= 0.3 is 0 Å². The van der Waals surface area contributed by atoms with Crippen molar-refractivity contribution in [2.24, 2.45) is 5.41 Å². The van der Waals surface area contributed by atoms with Crippen molar-refractivity contribution in [1.82, 2.24) is 5.32 Å². The van der Waals surface area contributed by atoms with Crippen LogP contribution in [0.2, 0.25) is 0 Å². The number of benzene rings is 1. The van der Waals surface area contributed by atoms with Gasteiger partial charge in [-0.3, -0.25) is 4.79 Å². The van der Waals surface area contributed by atoms with Crippen LogP contribution in [0.5, 0.6) is 0 Å². The van der Waals surface area contributed by atoms with Crippen molar-refractivity contribution < 1.29 is 4.79 Å². The summed E-state index contributed by atoms with van der Waals surface area (Å²) >= 11 is 3.46. The third-order valence-electron chi connectivity index (χ3n) is 3.86. The molecule has 0 aliphatic heterocycles. The zero-order valence-electron chi connectivity index (χ0n) is 11.8. The molecule has 0 spiro atoms. The molecule has 0 atom stereocenters. The summed E-state index contributed by atoms with van der Waals surface area (Å²) in [6.07, 6.45) is 4.55. The second-order valence-electron chi connectivity index (χ2n) is 6.12. The smallest absolute Gasteiger partial charge is 0.251 e.